The predicted molar refractivity (Wildman–Crippen MR) is 487 cm³/mol. The number of benzene rings is 3. The third-order valence-corrected chi connectivity index (χ3v) is 27.6. The van der Waals surface area contributed by atoms with E-state index in [1.54, 1.807) is 64.9 Å². The monoisotopic (exact) mass is 1710 g/mol. The highest BCUT2D eigenvalue weighted by Gasteiger charge is 2.42. The average molecular weight is 1710 g/mol. The number of hydrogen-bond donors (Lipinski definition) is 4. The third kappa shape index (κ3) is 16.8. The molecule has 30 nitrogen and oxygen atoms in total. The van der Waals surface area contributed by atoms with Gasteiger partial charge in [0.05, 0.1) is 80.5 Å². The lowest BCUT2D eigenvalue weighted by Gasteiger charge is -2.42. The Morgan fingerprint density at radius 1 is 0.425 bits per heavy atom. The molecule has 30 heteroatoms. The van der Waals surface area contributed by atoms with Gasteiger partial charge in [-0.1, -0.05) is 72.8 Å². The molecule has 12 aromatic rings. The SMILES string of the molecule is C=CCn1c(=O)c2cnc(Nc3ccc(C4CCC(N5CCC5)CC4)cc3)nc2n1-c1cccc(C2(O)CCC2)n1.C=CCn1c(=O)c2cnc(Nc3ccc(C4CCC(N5CCCC5=O)CC4)cc3)nc2n1-c1cccc(C2(C)COC2)n1.C=CCn1c(=O)c2cnc(Nc3ccc(C4CCC(N5CCOC5=O)CC4)cc3)nc2n1-c1cccc(C2(C)COC2)n1. The van der Waals surface area contributed by atoms with E-state index in [4.69, 9.17) is 44.1 Å². The molecule has 0 spiro atoms. The minimum atomic E-state index is -0.912. The van der Waals surface area contributed by atoms with Crippen molar-refractivity contribution in [2.75, 3.05) is 75.2 Å². The fourth-order valence-electron chi connectivity index (χ4n) is 19.9. The molecular weight excluding hydrogens is 1600 g/mol. The standard InChI is InChI=1S/C33H37N7O3.C32H35N7O4.C32H37N7O2/c1-3-17-39-31(42)26-19-34-32(37-30(26)40(39)28-7-4-6-27(36-28)33(2)20-43-21-33)35-24-13-9-22(10-14-24)23-11-15-25(16-12-23)38-18-5-8-29(38)41;1-3-15-38-29(40)25-18-33-30(36-28(25)39(38)27-6-4-5-26(35-27)32(2)19-42-20-32)34-23-11-7-21(8-12-23)22-9-13-24(14-10-22)37-16-17-43-31(37)41;1-2-18-38-30(40)26-21-33-31(36-29(26)39(38)28-7-3-6-27(35-28)32(41)16-4-17-32)34-24-12-8-22(9-13-24)23-10-14-25(15-11-23)37-19-5-20-37/h3-4,6-7,9-10,13-14,19,23,25H,1,5,8,11-12,15-18,20-21H2,2H3,(H,34,35,37);3-8,11-12,18,22,24H,1,9-10,13-17,19-20H2,2H3,(H,33,34,36);2-3,6-9,12-13,21,23,25,41H,1,4-5,10-11,14-20H2,(H,33,34,36). The van der Waals surface area contributed by atoms with E-state index >= 15 is 0 Å². The molecule has 21 rings (SSSR count). The Balaban J connectivity index is 0.000000124. The Morgan fingerprint density at radius 2 is 0.795 bits per heavy atom. The average Bonchev–Trinajstić information content (AvgIpc) is 1.62. The minimum absolute atomic E-state index is 0.150. The van der Waals surface area contributed by atoms with Gasteiger partial charge >= 0.3 is 6.09 Å². The largest absolute Gasteiger partial charge is 0.448 e. The number of rotatable bonds is 24. The van der Waals surface area contributed by atoms with Crippen LogP contribution < -0.4 is 32.6 Å². The van der Waals surface area contributed by atoms with Crippen molar-refractivity contribution in [3.05, 3.63) is 249 Å². The second kappa shape index (κ2) is 35.7. The van der Waals surface area contributed by atoms with E-state index in [0.29, 0.717) is 176 Å². The summed E-state index contributed by atoms with van der Waals surface area (Å²) in [5, 5.41) is 22.1. The molecule has 3 aromatic carbocycles. The van der Waals surface area contributed by atoms with E-state index in [0.717, 1.165) is 105 Å². The van der Waals surface area contributed by atoms with E-state index < -0.39 is 5.60 Å². The van der Waals surface area contributed by atoms with Gasteiger partial charge in [-0.15, -0.1) is 19.7 Å². The van der Waals surface area contributed by atoms with Gasteiger partial charge in [-0.3, -0.25) is 19.2 Å². The summed E-state index contributed by atoms with van der Waals surface area (Å²) in [7, 11) is 0. The number of nitrogens with one attached hydrogen (secondary N) is 3. The Kier molecular flexibility index (Phi) is 23.5. The first-order valence-corrected chi connectivity index (χ1v) is 45.1. The number of pyridine rings is 3. The number of amides is 2. The molecule has 4 N–H and O–H groups in total. The van der Waals surface area contributed by atoms with Gasteiger partial charge in [0.25, 0.3) is 16.7 Å². The normalized spacial score (nSPS) is 21.7. The number of carbonyl (C=O) groups is 2. The Hall–Kier alpha value is -12.6. The Bertz CT molecular complexity index is 6030. The highest BCUT2D eigenvalue weighted by atomic mass is 16.6. The molecule has 9 aliphatic rings. The second-order valence-electron chi connectivity index (χ2n) is 36.0. The number of fused-ring (bicyclic) bond motifs is 3. The zero-order chi connectivity index (χ0) is 87.1. The van der Waals surface area contributed by atoms with Crippen LogP contribution in [0.3, 0.4) is 0 Å². The molecule has 9 fully saturated rings. The number of aliphatic hydroxyl groups is 1. The van der Waals surface area contributed by atoms with Crippen LogP contribution in [-0.2, 0) is 55.1 Å². The van der Waals surface area contributed by atoms with E-state index in [1.165, 1.54) is 61.9 Å². The van der Waals surface area contributed by atoms with Crippen LogP contribution >= 0.6 is 0 Å². The molecule has 5 aliphatic heterocycles. The van der Waals surface area contributed by atoms with Crippen LogP contribution in [0, 0.1) is 0 Å². The topological polar surface area (TPSA) is 325 Å². The molecule has 127 heavy (non-hydrogen) atoms. The maximum absolute atomic E-state index is 13.4. The highest BCUT2D eigenvalue weighted by Crippen LogP contribution is 2.43. The van der Waals surface area contributed by atoms with Crippen molar-refractivity contribution in [1.82, 2.24) is 87.6 Å². The van der Waals surface area contributed by atoms with Crippen LogP contribution in [0.15, 0.2) is 198 Å². The lowest BCUT2D eigenvalue weighted by molar-refractivity contribution is -0.130. The van der Waals surface area contributed by atoms with Crippen LogP contribution in [0.5, 0.6) is 0 Å². The van der Waals surface area contributed by atoms with Crippen LogP contribution in [0.1, 0.15) is 181 Å². The molecule has 656 valence electrons. The lowest BCUT2D eigenvalue weighted by Crippen LogP contribution is -2.46. The third-order valence-electron chi connectivity index (χ3n) is 27.6. The summed E-state index contributed by atoms with van der Waals surface area (Å²) in [4.78, 5) is 113. The molecule has 9 aromatic heterocycles. The van der Waals surface area contributed by atoms with Crippen molar-refractivity contribution in [2.24, 2.45) is 0 Å². The number of allylic oxidation sites excluding steroid dienone is 3. The Morgan fingerprint density at radius 3 is 1.11 bits per heavy atom. The van der Waals surface area contributed by atoms with Crippen LogP contribution in [0.4, 0.5) is 39.7 Å². The first kappa shape index (κ1) is 83.9. The van der Waals surface area contributed by atoms with Crippen LogP contribution in [0.25, 0.3) is 50.6 Å². The lowest BCUT2D eigenvalue weighted by atomic mass is 9.77. The smallest absolute Gasteiger partial charge is 0.410 e. The summed E-state index contributed by atoms with van der Waals surface area (Å²) in [5.74, 6) is 4.84. The van der Waals surface area contributed by atoms with Crippen molar-refractivity contribution in [1.29, 1.82) is 0 Å². The van der Waals surface area contributed by atoms with Gasteiger partial charge in [0.15, 0.2) is 34.4 Å². The number of likely N-dealkylation sites (tertiary alicyclic amines) is 2. The first-order valence-electron chi connectivity index (χ1n) is 45.1. The number of carbonyl (C=O) groups excluding carboxylic acids is 2. The molecule has 4 saturated carbocycles. The summed E-state index contributed by atoms with van der Waals surface area (Å²) >= 11 is 0. The number of nitrogens with zero attached hydrogens (tertiary/aromatic N) is 18. The van der Waals surface area contributed by atoms with Crippen molar-refractivity contribution in [3.63, 3.8) is 0 Å². The quantitative estimate of drug-likeness (QED) is 0.0408. The van der Waals surface area contributed by atoms with Crippen LogP contribution in [-0.4, -0.2) is 182 Å². The van der Waals surface area contributed by atoms with Gasteiger partial charge in [-0.05, 0) is 243 Å². The van der Waals surface area contributed by atoms with Gasteiger partial charge in [0.1, 0.15) is 28.4 Å². The minimum Gasteiger partial charge on any atom is -0.448 e. The predicted octanol–water partition coefficient (Wildman–Crippen LogP) is 14.5. The number of aromatic nitrogens is 15. The van der Waals surface area contributed by atoms with Crippen molar-refractivity contribution in [3.8, 4) is 17.5 Å². The zero-order valence-electron chi connectivity index (χ0n) is 72.2. The fourth-order valence-corrected chi connectivity index (χ4v) is 19.9. The van der Waals surface area contributed by atoms with E-state index in [2.05, 4.69) is 135 Å². The Labute approximate surface area is 735 Å². The van der Waals surface area contributed by atoms with Crippen molar-refractivity contribution in [2.45, 2.75) is 201 Å². The molecule has 2 amide bonds. The fraction of sp³-hybridized carbons (Fsp3) is 0.423. The first-order chi connectivity index (χ1) is 61.9. The van der Waals surface area contributed by atoms with Crippen LogP contribution in [0.2, 0.25) is 0 Å². The summed E-state index contributed by atoms with van der Waals surface area (Å²) in [6.45, 7) is 23.8. The summed E-state index contributed by atoms with van der Waals surface area (Å²) in [6.07, 6.45) is 28.5. The molecule has 0 bridgehead atoms. The number of anilines is 6. The molecule has 0 atom stereocenters. The van der Waals surface area contributed by atoms with Crippen molar-refractivity contribution >= 4 is 80.0 Å². The van der Waals surface area contributed by atoms with Crippen molar-refractivity contribution < 1.29 is 28.9 Å². The van der Waals surface area contributed by atoms with Gasteiger partial charge in [0, 0.05) is 66.7 Å². The summed E-state index contributed by atoms with van der Waals surface area (Å²) < 4.78 is 26.0. The van der Waals surface area contributed by atoms with Gasteiger partial charge in [0.2, 0.25) is 23.8 Å². The number of ether oxygens (including phenoxy) is 3. The zero-order valence-corrected chi connectivity index (χ0v) is 72.2. The highest BCUT2D eigenvalue weighted by molar-refractivity contribution is 5.80. The van der Waals surface area contributed by atoms with E-state index in [-0.39, 0.29) is 46.2 Å². The van der Waals surface area contributed by atoms with E-state index in [1.807, 2.05) is 71.6 Å². The number of hydrogen-bond acceptors (Lipinski definition) is 22. The number of cyclic esters (lactones) is 1. The van der Waals surface area contributed by atoms with Gasteiger partial charge in [-0.25, -0.2) is 62.8 Å². The van der Waals surface area contributed by atoms with Gasteiger partial charge in [-0.2, -0.15) is 15.0 Å². The second-order valence-corrected chi connectivity index (χ2v) is 36.0. The summed E-state index contributed by atoms with van der Waals surface area (Å²) in [6, 6.07) is 44.1. The van der Waals surface area contributed by atoms with E-state index in [9.17, 15) is 29.1 Å². The maximum Gasteiger partial charge on any atom is 0.410 e. The molecular formula is C97H109N21O9. The molecule has 14 heterocycles. The summed E-state index contributed by atoms with van der Waals surface area (Å²) in [5.41, 5.74) is 8.65. The molecule has 0 radical (unpaired) electrons. The molecule has 4 aliphatic carbocycles. The van der Waals surface area contributed by atoms with Gasteiger partial charge < -0.3 is 50.0 Å². The molecule has 5 saturated heterocycles. The molecule has 0 unspecified atom stereocenters. The maximum atomic E-state index is 13.4.